The minimum atomic E-state index is -0.262. The minimum Gasteiger partial charge on any atom is -0.383 e. The highest BCUT2D eigenvalue weighted by Crippen LogP contribution is 2.37. The maximum Gasteiger partial charge on any atom is 0.234 e. The molecule has 124 valence electrons. The summed E-state index contributed by atoms with van der Waals surface area (Å²) < 4.78 is 0.877. The average Bonchev–Trinajstić information content (AvgIpc) is 3.02. The van der Waals surface area contributed by atoms with E-state index in [0.717, 1.165) is 34.3 Å². The number of amides is 2. The summed E-state index contributed by atoms with van der Waals surface area (Å²) in [7, 11) is 0. The van der Waals surface area contributed by atoms with E-state index >= 15 is 0 Å². The fourth-order valence-electron chi connectivity index (χ4n) is 3.03. The average molecular weight is 387 g/mol. The number of hydrogen-bond acceptors (Lipinski definition) is 3. The Kier molecular flexibility index (Phi) is 5.00. The van der Waals surface area contributed by atoms with Crippen LogP contribution in [0.3, 0.4) is 0 Å². The molecule has 1 aliphatic heterocycles. The third kappa shape index (κ3) is 3.51. The molecule has 0 aliphatic carbocycles. The molecular weight excluding hydrogens is 368 g/mol. The van der Waals surface area contributed by atoms with Gasteiger partial charge in [-0.15, -0.1) is 0 Å². The van der Waals surface area contributed by atoms with Gasteiger partial charge in [0.1, 0.15) is 0 Å². The monoisotopic (exact) mass is 386 g/mol. The number of anilines is 2. The lowest BCUT2D eigenvalue weighted by Gasteiger charge is -2.22. The molecular formula is C19H19BrN2O2. The number of benzene rings is 2. The maximum atomic E-state index is 12.7. The first kappa shape index (κ1) is 16.7. The van der Waals surface area contributed by atoms with Crippen LogP contribution in [0.4, 0.5) is 11.4 Å². The van der Waals surface area contributed by atoms with Crippen LogP contribution in [0.15, 0.2) is 46.9 Å². The molecule has 24 heavy (non-hydrogen) atoms. The molecule has 0 atom stereocenters. The third-order valence-corrected chi connectivity index (χ3v) is 4.59. The van der Waals surface area contributed by atoms with E-state index in [-0.39, 0.29) is 11.8 Å². The Morgan fingerprint density at radius 1 is 1.21 bits per heavy atom. The first-order chi connectivity index (χ1) is 11.6. The molecule has 0 radical (unpaired) electrons. The Hall–Kier alpha value is -2.14. The largest absolute Gasteiger partial charge is 0.383 e. The second kappa shape index (κ2) is 7.18. The number of carbonyl (C=O) groups is 2. The molecule has 0 spiro atoms. The molecule has 2 amide bonds. The fraction of sp³-hybridized carbons (Fsp3) is 0.263. The zero-order valence-corrected chi connectivity index (χ0v) is 15.1. The van der Waals surface area contributed by atoms with E-state index in [4.69, 9.17) is 0 Å². The van der Waals surface area contributed by atoms with E-state index in [9.17, 15) is 9.59 Å². The number of rotatable bonds is 4. The van der Waals surface area contributed by atoms with Crippen LogP contribution in [0.1, 0.15) is 24.5 Å². The van der Waals surface area contributed by atoms with Crippen LogP contribution in [0.2, 0.25) is 0 Å². The van der Waals surface area contributed by atoms with Gasteiger partial charge in [-0.1, -0.05) is 46.3 Å². The maximum absolute atomic E-state index is 12.7. The van der Waals surface area contributed by atoms with Crippen LogP contribution in [-0.2, 0) is 22.4 Å². The molecule has 0 fully saturated rings. The van der Waals surface area contributed by atoms with Crippen molar-refractivity contribution < 1.29 is 9.59 Å². The zero-order valence-electron chi connectivity index (χ0n) is 13.5. The second-order valence-electron chi connectivity index (χ2n) is 5.87. The minimum absolute atomic E-state index is 0.180. The highest BCUT2D eigenvalue weighted by atomic mass is 79.9. The van der Waals surface area contributed by atoms with Crippen LogP contribution < -0.4 is 10.2 Å². The van der Waals surface area contributed by atoms with E-state index in [0.29, 0.717) is 18.5 Å². The quantitative estimate of drug-likeness (QED) is 0.865. The van der Waals surface area contributed by atoms with Gasteiger partial charge >= 0.3 is 0 Å². The van der Waals surface area contributed by atoms with Crippen molar-refractivity contribution in [1.29, 1.82) is 0 Å². The number of carbonyl (C=O) groups excluding carboxylic acids is 2. The number of nitrogens with one attached hydrogen (secondary N) is 1. The molecule has 0 saturated heterocycles. The zero-order chi connectivity index (χ0) is 17.1. The van der Waals surface area contributed by atoms with E-state index in [2.05, 4.69) is 21.2 Å². The van der Waals surface area contributed by atoms with Crippen molar-refractivity contribution in [2.45, 2.75) is 26.2 Å². The highest BCUT2D eigenvalue weighted by Gasteiger charge is 2.26. The smallest absolute Gasteiger partial charge is 0.234 e. The lowest BCUT2D eigenvalue weighted by molar-refractivity contribution is -0.125. The normalized spacial score (nSPS) is 12.4. The number of nitrogens with zero attached hydrogens (tertiary/aromatic N) is 1. The molecule has 0 aromatic heterocycles. The number of halogens is 1. The van der Waals surface area contributed by atoms with E-state index in [1.807, 2.05) is 42.5 Å². The number of aryl methyl sites for hydroxylation is 1. The van der Waals surface area contributed by atoms with Crippen molar-refractivity contribution in [1.82, 2.24) is 0 Å². The summed E-state index contributed by atoms with van der Waals surface area (Å²) in [5.74, 6) is -0.442. The van der Waals surface area contributed by atoms with Gasteiger partial charge in [-0.05, 0) is 36.1 Å². The van der Waals surface area contributed by atoms with Gasteiger partial charge in [-0.2, -0.15) is 0 Å². The van der Waals surface area contributed by atoms with Crippen molar-refractivity contribution in [2.75, 3.05) is 16.8 Å². The summed E-state index contributed by atoms with van der Waals surface area (Å²) in [6.07, 6.45) is 1.81. The molecule has 3 rings (SSSR count). The molecule has 5 heteroatoms. The lowest BCUT2D eigenvalue weighted by Crippen LogP contribution is -2.35. The molecule has 4 nitrogen and oxygen atoms in total. The van der Waals surface area contributed by atoms with E-state index in [1.165, 1.54) is 11.8 Å². The first-order valence-electron chi connectivity index (χ1n) is 8.00. The molecule has 2 aromatic carbocycles. The Balaban J connectivity index is 1.85. The Bertz CT molecular complexity index is 774. The second-order valence-corrected chi connectivity index (χ2v) is 6.79. The summed E-state index contributed by atoms with van der Waals surface area (Å²) in [4.78, 5) is 26.2. The van der Waals surface area contributed by atoms with Gasteiger partial charge in [0.2, 0.25) is 11.8 Å². The van der Waals surface area contributed by atoms with Gasteiger partial charge < -0.3 is 5.32 Å². The van der Waals surface area contributed by atoms with Crippen molar-refractivity contribution >= 4 is 39.1 Å². The van der Waals surface area contributed by atoms with Crippen LogP contribution in [0.25, 0.3) is 0 Å². The first-order valence-corrected chi connectivity index (χ1v) is 8.79. The summed E-state index contributed by atoms with van der Waals surface area (Å²) in [5, 5.41) is 3.29. The summed E-state index contributed by atoms with van der Waals surface area (Å²) >= 11 is 3.48. The van der Waals surface area contributed by atoms with Gasteiger partial charge in [-0.25, -0.2) is 4.90 Å². The summed E-state index contributed by atoms with van der Waals surface area (Å²) in [6.45, 7) is 2.26. The molecule has 1 N–H and O–H groups in total. The molecule has 2 aromatic rings. The van der Waals surface area contributed by atoms with Crippen LogP contribution in [-0.4, -0.2) is 18.4 Å². The van der Waals surface area contributed by atoms with Crippen molar-refractivity contribution in [2.24, 2.45) is 0 Å². The Morgan fingerprint density at radius 2 is 1.96 bits per heavy atom. The van der Waals surface area contributed by atoms with Crippen LogP contribution in [0.5, 0.6) is 0 Å². The standard InChI is InChI=1S/C19H19BrN2O2/c1-13(23)22(18(24)8-7-14-5-3-2-4-6-14)17-12-16(20)11-15-9-10-21-19(15)17/h2-6,11-12,21H,7-10H2,1H3. The topological polar surface area (TPSA) is 49.4 Å². The number of fused-ring (bicyclic) bond motifs is 1. The van der Waals surface area contributed by atoms with Gasteiger partial charge in [0, 0.05) is 24.4 Å². The van der Waals surface area contributed by atoms with Gasteiger partial charge in [-0.3, -0.25) is 9.59 Å². The van der Waals surface area contributed by atoms with Gasteiger partial charge in [0.15, 0.2) is 0 Å². The SMILES string of the molecule is CC(=O)N(C(=O)CCc1ccccc1)c1cc(Br)cc2c1NCC2. The highest BCUT2D eigenvalue weighted by molar-refractivity contribution is 9.10. The molecule has 1 heterocycles. The van der Waals surface area contributed by atoms with Crippen molar-refractivity contribution in [3.63, 3.8) is 0 Å². The van der Waals surface area contributed by atoms with Gasteiger partial charge in [0.25, 0.3) is 0 Å². The number of imide groups is 1. The molecule has 0 bridgehead atoms. The van der Waals surface area contributed by atoms with Crippen molar-refractivity contribution in [3.05, 3.63) is 58.1 Å². The Morgan fingerprint density at radius 3 is 2.67 bits per heavy atom. The van der Waals surface area contributed by atoms with Crippen LogP contribution in [0, 0.1) is 0 Å². The van der Waals surface area contributed by atoms with E-state index < -0.39 is 0 Å². The molecule has 1 aliphatic rings. The lowest BCUT2D eigenvalue weighted by atomic mass is 10.1. The molecule has 0 saturated carbocycles. The molecule has 0 unspecified atom stereocenters. The predicted molar refractivity (Wildman–Crippen MR) is 99.3 cm³/mol. The third-order valence-electron chi connectivity index (χ3n) is 4.14. The Labute approximate surface area is 150 Å². The van der Waals surface area contributed by atoms with Crippen molar-refractivity contribution in [3.8, 4) is 0 Å². The van der Waals surface area contributed by atoms with Crippen LogP contribution >= 0.6 is 15.9 Å². The summed E-state index contributed by atoms with van der Waals surface area (Å²) in [5.41, 5.74) is 3.75. The number of hydrogen-bond donors (Lipinski definition) is 1. The fourth-order valence-corrected chi connectivity index (χ4v) is 3.53. The van der Waals surface area contributed by atoms with Gasteiger partial charge in [0.05, 0.1) is 11.4 Å². The van der Waals surface area contributed by atoms with E-state index in [1.54, 1.807) is 0 Å². The predicted octanol–water partition coefficient (Wildman–Crippen LogP) is 3.93. The summed E-state index contributed by atoms with van der Waals surface area (Å²) in [6, 6.07) is 13.7.